The molecule has 1 aliphatic rings. The average molecular weight is 421 g/mol. The predicted octanol–water partition coefficient (Wildman–Crippen LogP) is 4.47. The Balaban J connectivity index is 1.64. The van der Waals surface area contributed by atoms with Gasteiger partial charge < -0.3 is 0 Å². The third-order valence-electron chi connectivity index (χ3n) is 4.80. The number of rotatable bonds is 5. The van der Waals surface area contributed by atoms with Gasteiger partial charge in [0.05, 0.1) is 11.1 Å². The summed E-state index contributed by atoms with van der Waals surface area (Å²) >= 11 is 3.45. The summed E-state index contributed by atoms with van der Waals surface area (Å²) in [6.45, 7) is 0.336. The highest BCUT2D eigenvalue weighted by atomic mass is 79.9. The van der Waals surface area contributed by atoms with E-state index in [0.717, 1.165) is 15.6 Å². The van der Waals surface area contributed by atoms with Crippen molar-refractivity contribution >= 4 is 27.7 Å². The molecular formula is C22H17BrN2O2. The summed E-state index contributed by atoms with van der Waals surface area (Å²) in [6, 6.07) is 19.0. The van der Waals surface area contributed by atoms with Crippen LogP contribution in [-0.2, 0) is 6.42 Å². The maximum atomic E-state index is 12.8. The first kappa shape index (κ1) is 17.6. The summed E-state index contributed by atoms with van der Waals surface area (Å²) < 4.78 is 0.910. The van der Waals surface area contributed by atoms with Crippen LogP contribution in [0.25, 0.3) is 0 Å². The summed E-state index contributed by atoms with van der Waals surface area (Å²) in [5.74, 6) is -0.447. The smallest absolute Gasteiger partial charge is 0.261 e. The van der Waals surface area contributed by atoms with Gasteiger partial charge in [-0.3, -0.25) is 19.5 Å². The Morgan fingerprint density at radius 1 is 0.889 bits per heavy atom. The molecule has 2 heterocycles. The first-order valence-electron chi connectivity index (χ1n) is 8.73. The van der Waals surface area contributed by atoms with E-state index in [9.17, 15) is 9.59 Å². The Kier molecular flexibility index (Phi) is 4.86. The molecule has 2 aromatic carbocycles. The van der Waals surface area contributed by atoms with Crippen molar-refractivity contribution in [2.24, 2.45) is 0 Å². The maximum Gasteiger partial charge on any atom is 0.261 e. The van der Waals surface area contributed by atoms with Crippen molar-refractivity contribution in [3.05, 3.63) is 99.8 Å². The van der Waals surface area contributed by atoms with Gasteiger partial charge in [0.15, 0.2) is 0 Å². The van der Waals surface area contributed by atoms with Gasteiger partial charge in [-0.25, -0.2) is 0 Å². The molecule has 1 aromatic heterocycles. The van der Waals surface area contributed by atoms with Crippen molar-refractivity contribution < 1.29 is 9.59 Å². The van der Waals surface area contributed by atoms with Crippen LogP contribution in [0, 0.1) is 0 Å². The van der Waals surface area contributed by atoms with E-state index in [2.05, 4.69) is 20.9 Å². The number of imide groups is 1. The van der Waals surface area contributed by atoms with Crippen molar-refractivity contribution in [2.75, 3.05) is 6.54 Å². The monoisotopic (exact) mass is 420 g/mol. The summed E-state index contributed by atoms with van der Waals surface area (Å²) in [5.41, 5.74) is 3.11. The van der Waals surface area contributed by atoms with Gasteiger partial charge in [0.25, 0.3) is 11.8 Å². The first-order valence-corrected chi connectivity index (χ1v) is 9.52. The fourth-order valence-electron chi connectivity index (χ4n) is 3.49. The Labute approximate surface area is 166 Å². The topological polar surface area (TPSA) is 50.3 Å². The van der Waals surface area contributed by atoms with Crippen LogP contribution in [0.5, 0.6) is 0 Å². The molecule has 4 rings (SSSR count). The van der Waals surface area contributed by atoms with E-state index < -0.39 is 0 Å². The molecule has 0 aliphatic carbocycles. The standard InChI is InChI=1S/C22H17BrN2O2/c23-18-11-15(12-24-13-18)10-17(16-6-2-1-3-7-16)14-25-21(26)19-8-4-5-9-20(19)22(25)27/h1-9,11-13,17H,10,14H2/t17-/m0/s1. The Morgan fingerprint density at radius 3 is 2.15 bits per heavy atom. The van der Waals surface area contributed by atoms with Gasteiger partial charge in [0.2, 0.25) is 0 Å². The van der Waals surface area contributed by atoms with Gasteiger partial charge in [-0.1, -0.05) is 42.5 Å². The minimum absolute atomic E-state index is 0.00971. The van der Waals surface area contributed by atoms with E-state index >= 15 is 0 Å². The zero-order valence-electron chi connectivity index (χ0n) is 14.5. The first-order chi connectivity index (χ1) is 13.1. The number of hydrogen-bond donors (Lipinski definition) is 0. The van der Waals surface area contributed by atoms with Gasteiger partial charge in [0.1, 0.15) is 0 Å². The van der Waals surface area contributed by atoms with Crippen LogP contribution < -0.4 is 0 Å². The molecule has 0 radical (unpaired) electrons. The molecule has 0 saturated carbocycles. The lowest BCUT2D eigenvalue weighted by atomic mass is 9.92. The number of hydrogen-bond acceptors (Lipinski definition) is 3. The van der Waals surface area contributed by atoms with E-state index in [1.54, 1.807) is 30.5 Å². The van der Waals surface area contributed by atoms with E-state index in [0.29, 0.717) is 24.1 Å². The summed E-state index contributed by atoms with van der Waals surface area (Å²) in [4.78, 5) is 31.1. The second-order valence-corrected chi connectivity index (χ2v) is 7.51. The van der Waals surface area contributed by atoms with Crippen LogP contribution in [0.3, 0.4) is 0 Å². The zero-order valence-corrected chi connectivity index (χ0v) is 16.1. The normalized spacial score (nSPS) is 14.3. The van der Waals surface area contributed by atoms with E-state index in [-0.39, 0.29) is 17.7 Å². The highest BCUT2D eigenvalue weighted by Gasteiger charge is 2.36. The van der Waals surface area contributed by atoms with Crippen molar-refractivity contribution in [1.82, 2.24) is 9.88 Å². The molecule has 1 aliphatic heterocycles. The van der Waals surface area contributed by atoms with Gasteiger partial charge in [-0.05, 0) is 51.7 Å². The SMILES string of the molecule is O=C1c2ccccc2C(=O)N1C[C@H](Cc1cncc(Br)c1)c1ccccc1. The second-order valence-electron chi connectivity index (χ2n) is 6.59. The van der Waals surface area contributed by atoms with Crippen molar-refractivity contribution in [2.45, 2.75) is 12.3 Å². The Bertz CT molecular complexity index is 969. The highest BCUT2D eigenvalue weighted by molar-refractivity contribution is 9.10. The predicted molar refractivity (Wildman–Crippen MR) is 107 cm³/mol. The summed E-state index contributed by atoms with van der Waals surface area (Å²) in [7, 11) is 0. The van der Waals surface area contributed by atoms with Gasteiger partial charge in [-0.15, -0.1) is 0 Å². The van der Waals surface area contributed by atoms with Gasteiger partial charge >= 0.3 is 0 Å². The van der Waals surface area contributed by atoms with E-state index in [1.165, 1.54) is 4.90 Å². The molecule has 2 amide bonds. The molecular weight excluding hydrogens is 404 g/mol. The average Bonchev–Trinajstić information content (AvgIpc) is 2.93. The largest absolute Gasteiger partial charge is 0.274 e. The lowest BCUT2D eigenvalue weighted by Crippen LogP contribution is -2.34. The minimum Gasteiger partial charge on any atom is -0.274 e. The number of carbonyl (C=O) groups is 2. The quantitative estimate of drug-likeness (QED) is 0.572. The number of nitrogens with zero attached hydrogens (tertiary/aromatic N) is 2. The van der Waals surface area contributed by atoms with Crippen molar-refractivity contribution in [3.63, 3.8) is 0 Å². The lowest BCUT2D eigenvalue weighted by Gasteiger charge is -2.23. The molecule has 0 saturated heterocycles. The number of fused-ring (bicyclic) bond motifs is 1. The van der Waals surface area contributed by atoms with Crippen LogP contribution in [0.15, 0.2) is 77.5 Å². The Hall–Kier alpha value is -2.79. The fourth-order valence-corrected chi connectivity index (χ4v) is 3.90. The lowest BCUT2D eigenvalue weighted by molar-refractivity contribution is 0.0644. The fraction of sp³-hybridized carbons (Fsp3) is 0.136. The zero-order chi connectivity index (χ0) is 18.8. The number of aromatic nitrogens is 1. The molecule has 0 fully saturated rings. The van der Waals surface area contributed by atoms with Crippen molar-refractivity contribution in [1.29, 1.82) is 0 Å². The van der Waals surface area contributed by atoms with Crippen LogP contribution in [0.4, 0.5) is 0 Å². The van der Waals surface area contributed by atoms with Gasteiger partial charge in [-0.2, -0.15) is 0 Å². The molecule has 4 nitrogen and oxygen atoms in total. The molecule has 134 valence electrons. The summed E-state index contributed by atoms with van der Waals surface area (Å²) in [6.07, 6.45) is 4.25. The van der Waals surface area contributed by atoms with Gasteiger partial charge in [0, 0.05) is 29.3 Å². The third-order valence-corrected chi connectivity index (χ3v) is 5.23. The number of benzene rings is 2. The molecule has 5 heteroatoms. The molecule has 0 spiro atoms. The number of pyridine rings is 1. The third kappa shape index (κ3) is 3.55. The number of halogens is 1. The highest BCUT2D eigenvalue weighted by Crippen LogP contribution is 2.28. The Morgan fingerprint density at radius 2 is 1.52 bits per heavy atom. The molecule has 27 heavy (non-hydrogen) atoms. The summed E-state index contributed by atoms with van der Waals surface area (Å²) in [5, 5.41) is 0. The molecule has 0 unspecified atom stereocenters. The van der Waals surface area contributed by atoms with Crippen molar-refractivity contribution in [3.8, 4) is 0 Å². The van der Waals surface area contributed by atoms with Crippen LogP contribution in [0.1, 0.15) is 37.8 Å². The van der Waals surface area contributed by atoms with E-state index in [1.807, 2.05) is 42.6 Å². The van der Waals surface area contributed by atoms with E-state index in [4.69, 9.17) is 0 Å². The maximum absolute atomic E-state index is 12.8. The molecule has 0 N–H and O–H groups in total. The van der Waals surface area contributed by atoms with Crippen LogP contribution in [-0.4, -0.2) is 28.2 Å². The van der Waals surface area contributed by atoms with Crippen LogP contribution >= 0.6 is 15.9 Å². The molecule has 1 atom stereocenters. The molecule has 3 aromatic rings. The van der Waals surface area contributed by atoms with Crippen LogP contribution in [0.2, 0.25) is 0 Å². The minimum atomic E-state index is -0.219. The number of carbonyl (C=O) groups excluding carboxylic acids is 2. The number of amides is 2. The molecule has 0 bridgehead atoms. The second kappa shape index (κ2) is 7.45.